The Balaban J connectivity index is 2.31. The van der Waals surface area contributed by atoms with Crippen molar-refractivity contribution in [2.75, 3.05) is 5.32 Å². The van der Waals surface area contributed by atoms with Crippen LogP contribution in [0.5, 0.6) is 0 Å². The molecule has 1 atom stereocenters. The molecule has 0 bridgehead atoms. The first kappa shape index (κ1) is 17.6. The van der Waals surface area contributed by atoms with Crippen molar-refractivity contribution in [3.8, 4) is 0 Å². The normalized spacial score (nSPS) is 12.3. The van der Waals surface area contributed by atoms with Gasteiger partial charge in [-0.1, -0.05) is 62.7 Å². The van der Waals surface area contributed by atoms with Crippen LogP contribution in [0, 0.1) is 12.8 Å². The summed E-state index contributed by atoms with van der Waals surface area (Å²) in [5.41, 5.74) is 4.20. The van der Waals surface area contributed by atoms with E-state index in [9.17, 15) is 4.79 Å². The van der Waals surface area contributed by atoms with E-state index in [-0.39, 0.29) is 17.7 Å². The second-order valence-electron chi connectivity index (χ2n) is 6.23. The molecule has 0 saturated carbocycles. The fraction of sp³-hybridized carbons (Fsp3) is 0.350. The van der Waals surface area contributed by atoms with E-state index in [0.717, 1.165) is 28.8 Å². The number of amides is 1. The number of hydrogen-bond acceptors (Lipinski definition) is 1. The predicted molar refractivity (Wildman–Crippen MR) is 98.2 cm³/mol. The first-order valence-electron chi connectivity index (χ1n) is 8.08. The number of benzene rings is 2. The molecule has 1 N–H and O–H groups in total. The van der Waals surface area contributed by atoms with Gasteiger partial charge in [0.1, 0.15) is 0 Å². The Morgan fingerprint density at radius 2 is 1.78 bits per heavy atom. The van der Waals surface area contributed by atoms with Gasteiger partial charge in [-0.3, -0.25) is 4.79 Å². The van der Waals surface area contributed by atoms with Gasteiger partial charge in [-0.2, -0.15) is 0 Å². The lowest BCUT2D eigenvalue weighted by atomic mass is 9.87. The highest BCUT2D eigenvalue weighted by molar-refractivity contribution is 6.30. The molecule has 2 aromatic rings. The van der Waals surface area contributed by atoms with Gasteiger partial charge in [0.05, 0.1) is 5.92 Å². The van der Waals surface area contributed by atoms with Crippen LogP contribution in [0.15, 0.2) is 42.5 Å². The molecule has 0 aliphatic rings. The number of carbonyl (C=O) groups is 1. The molecule has 0 radical (unpaired) electrons. The minimum atomic E-state index is -0.198. The molecule has 2 rings (SSSR count). The maximum absolute atomic E-state index is 12.9. The number of carbonyl (C=O) groups excluding carboxylic acids is 1. The maximum Gasteiger partial charge on any atom is 0.232 e. The zero-order valence-electron chi connectivity index (χ0n) is 14.2. The van der Waals surface area contributed by atoms with Crippen LogP contribution in [0.3, 0.4) is 0 Å². The lowest BCUT2D eigenvalue weighted by Crippen LogP contribution is -2.26. The Hall–Kier alpha value is -1.80. The van der Waals surface area contributed by atoms with Gasteiger partial charge in [0.25, 0.3) is 0 Å². The number of halogens is 1. The second-order valence-corrected chi connectivity index (χ2v) is 6.66. The topological polar surface area (TPSA) is 29.1 Å². The van der Waals surface area contributed by atoms with Crippen LogP contribution < -0.4 is 5.32 Å². The van der Waals surface area contributed by atoms with Gasteiger partial charge in [-0.05, 0) is 48.1 Å². The van der Waals surface area contributed by atoms with E-state index in [2.05, 4.69) is 32.2 Å². The Morgan fingerprint density at radius 1 is 1.13 bits per heavy atom. The third-order valence-electron chi connectivity index (χ3n) is 4.17. The third kappa shape index (κ3) is 4.14. The van der Waals surface area contributed by atoms with E-state index < -0.39 is 0 Å². The van der Waals surface area contributed by atoms with Crippen molar-refractivity contribution < 1.29 is 4.79 Å². The van der Waals surface area contributed by atoms with Crippen LogP contribution in [0.4, 0.5) is 5.69 Å². The molecule has 0 aliphatic heterocycles. The summed E-state index contributed by atoms with van der Waals surface area (Å²) in [6.45, 7) is 8.26. The fourth-order valence-corrected chi connectivity index (χ4v) is 3.04. The smallest absolute Gasteiger partial charge is 0.232 e. The van der Waals surface area contributed by atoms with Crippen molar-refractivity contribution in [2.45, 2.75) is 40.0 Å². The first-order valence-corrected chi connectivity index (χ1v) is 8.46. The molecule has 0 aliphatic carbocycles. The van der Waals surface area contributed by atoms with Crippen molar-refractivity contribution in [1.82, 2.24) is 0 Å². The van der Waals surface area contributed by atoms with Crippen LogP contribution in [0.2, 0.25) is 5.02 Å². The van der Waals surface area contributed by atoms with Gasteiger partial charge in [-0.25, -0.2) is 0 Å². The first-order chi connectivity index (χ1) is 10.9. The Kier molecular flexibility index (Phi) is 5.84. The molecule has 0 spiro atoms. The Morgan fingerprint density at radius 3 is 2.35 bits per heavy atom. The molecule has 0 aromatic heterocycles. The molecular formula is C20H24ClNO. The van der Waals surface area contributed by atoms with Crippen molar-refractivity contribution >= 4 is 23.2 Å². The number of nitrogens with one attached hydrogen (secondary N) is 1. The Bertz CT molecular complexity index is 677. The summed E-state index contributed by atoms with van der Waals surface area (Å²) >= 11 is 5.97. The maximum atomic E-state index is 12.9. The molecule has 0 fully saturated rings. The molecule has 2 aromatic carbocycles. The zero-order chi connectivity index (χ0) is 17.0. The van der Waals surface area contributed by atoms with Crippen molar-refractivity contribution in [3.63, 3.8) is 0 Å². The van der Waals surface area contributed by atoms with Gasteiger partial charge in [-0.15, -0.1) is 0 Å². The number of rotatable bonds is 5. The number of aryl methyl sites for hydroxylation is 2. The average Bonchev–Trinajstić information content (AvgIpc) is 2.51. The highest BCUT2D eigenvalue weighted by Gasteiger charge is 2.25. The lowest BCUT2D eigenvalue weighted by molar-refractivity contribution is -0.118. The Labute approximate surface area is 143 Å². The minimum Gasteiger partial charge on any atom is -0.325 e. The van der Waals surface area contributed by atoms with E-state index in [1.807, 2.05) is 43.3 Å². The molecule has 122 valence electrons. The largest absolute Gasteiger partial charge is 0.325 e. The molecule has 0 unspecified atom stereocenters. The highest BCUT2D eigenvalue weighted by atomic mass is 35.5. The molecule has 23 heavy (non-hydrogen) atoms. The van der Waals surface area contributed by atoms with Crippen LogP contribution in [0.1, 0.15) is 43.4 Å². The SMILES string of the molecule is CCc1cccc(C)c1NC(=O)[C@@H](c1ccc(Cl)cc1)C(C)C. The average molecular weight is 330 g/mol. The van der Waals surface area contributed by atoms with Crippen molar-refractivity contribution in [3.05, 3.63) is 64.2 Å². The lowest BCUT2D eigenvalue weighted by Gasteiger charge is -2.22. The summed E-state index contributed by atoms with van der Waals surface area (Å²) in [6.07, 6.45) is 0.893. The fourth-order valence-electron chi connectivity index (χ4n) is 2.91. The van der Waals surface area contributed by atoms with Crippen LogP contribution in [-0.2, 0) is 11.2 Å². The third-order valence-corrected chi connectivity index (χ3v) is 4.42. The molecule has 0 saturated heterocycles. The summed E-state index contributed by atoms with van der Waals surface area (Å²) in [7, 11) is 0. The predicted octanol–water partition coefficient (Wildman–Crippen LogP) is 5.59. The second kappa shape index (κ2) is 7.65. The molecular weight excluding hydrogens is 306 g/mol. The summed E-state index contributed by atoms with van der Waals surface area (Å²) in [4.78, 5) is 12.9. The van der Waals surface area contributed by atoms with Crippen LogP contribution in [-0.4, -0.2) is 5.91 Å². The van der Waals surface area contributed by atoms with Gasteiger partial charge >= 0.3 is 0 Å². The van der Waals surface area contributed by atoms with Crippen LogP contribution >= 0.6 is 11.6 Å². The molecule has 3 heteroatoms. The van der Waals surface area contributed by atoms with E-state index in [4.69, 9.17) is 11.6 Å². The zero-order valence-corrected chi connectivity index (χ0v) is 14.9. The molecule has 0 heterocycles. The summed E-state index contributed by atoms with van der Waals surface area (Å²) in [5.74, 6) is 0.0353. The van der Waals surface area contributed by atoms with E-state index in [1.54, 1.807) is 0 Å². The van der Waals surface area contributed by atoms with Gasteiger partial charge < -0.3 is 5.32 Å². The van der Waals surface area contributed by atoms with Gasteiger partial charge in [0.2, 0.25) is 5.91 Å². The quantitative estimate of drug-likeness (QED) is 0.761. The van der Waals surface area contributed by atoms with E-state index >= 15 is 0 Å². The molecule has 2 nitrogen and oxygen atoms in total. The van der Waals surface area contributed by atoms with E-state index in [1.165, 1.54) is 0 Å². The number of hydrogen-bond donors (Lipinski definition) is 1. The number of para-hydroxylation sites is 1. The van der Waals surface area contributed by atoms with Gasteiger partial charge in [0, 0.05) is 10.7 Å². The van der Waals surface area contributed by atoms with Crippen LogP contribution in [0.25, 0.3) is 0 Å². The molecule has 1 amide bonds. The summed E-state index contributed by atoms with van der Waals surface area (Å²) in [5, 5.41) is 3.84. The minimum absolute atomic E-state index is 0.0336. The monoisotopic (exact) mass is 329 g/mol. The summed E-state index contributed by atoms with van der Waals surface area (Å²) < 4.78 is 0. The van der Waals surface area contributed by atoms with Crippen molar-refractivity contribution in [2.24, 2.45) is 5.92 Å². The highest BCUT2D eigenvalue weighted by Crippen LogP contribution is 2.29. The standard InChI is InChI=1S/C20H24ClNO/c1-5-15-8-6-7-14(4)19(15)22-20(23)18(13(2)3)16-9-11-17(21)12-10-16/h6-13,18H,5H2,1-4H3,(H,22,23)/t18-/m1/s1. The van der Waals surface area contributed by atoms with Crippen molar-refractivity contribution in [1.29, 1.82) is 0 Å². The van der Waals surface area contributed by atoms with E-state index in [0.29, 0.717) is 5.02 Å². The van der Waals surface area contributed by atoms with Gasteiger partial charge in [0.15, 0.2) is 0 Å². The summed E-state index contributed by atoms with van der Waals surface area (Å²) in [6, 6.07) is 13.7. The number of anilines is 1.